The van der Waals surface area contributed by atoms with E-state index in [0.29, 0.717) is 29.6 Å². The molecule has 0 radical (unpaired) electrons. The molecule has 5 heteroatoms. The molecule has 0 aliphatic rings. The summed E-state index contributed by atoms with van der Waals surface area (Å²) in [6.45, 7) is 4.24. The topological polar surface area (TPSA) is 29.5 Å². The highest BCUT2D eigenvalue weighted by Crippen LogP contribution is 2.22. The third-order valence-electron chi connectivity index (χ3n) is 2.72. The summed E-state index contributed by atoms with van der Waals surface area (Å²) in [6.07, 6.45) is 0.384. The maximum absolute atomic E-state index is 11.1. The molecule has 0 unspecified atom stereocenters. The van der Waals surface area contributed by atoms with Gasteiger partial charge >= 0.3 is 5.97 Å². The second-order valence-electron chi connectivity index (χ2n) is 3.93. The third kappa shape index (κ3) is 4.84. The maximum Gasteiger partial charge on any atom is 0.306 e. The van der Waals surface area contributed by atoms with Crippen molar-refractivity contribution >= 4 is 29.2 Å². The lowest BCUT2D eigenvalue weighted by atomic mass is 10.2. The second kappa shape index (κ2) is 7.62. The SMILES string of the molecule is CCN(CCC(=O)OC)Cc1ccc(Cl)cc1Cl. The lowest BCUT2D eigenvalue weighted by Crippen LogP contribution is -2.26. The Morgan fingerprint density at radius 3 is 2.67 bits per heavy atom. The Hall–Kier alpha value is -0.770. The largest absolute Gasteiger partial charge is 0.469 e. The first-order chi connectivity index (χ1) is 8.56. The highest BCUT2D eigenvalue weighted by Gasteiger charge is 2.09. The van der Waals surface area contributed by atoms with Crippen molar-refractivity contribution < 1.29 is 9.53 Å². The van der Waals surface area contributed by atoms with Crippen LogP contribution in [-0.2, 0) is 16.1 Å². The van der Waals surface area contributed by atoms with E-state index in [0.717, 1.165) is 12.1 Å². The minimum Gasteiger partial charge on any atom is -0.469 e. The van der Waals surface area contributed by atoms with Crippen LogP contribution in [0.1, 0.15) is 18.9 Å². The van der Waals surface area contributed by atoms with Crippen LogP contribution in [0.3, 0.4) is 0 Å². The van der Waals surface area contributed by atoms with Crippen molar-refractivity contribution in [3.05, 3.63) is 33.8 Å². The van der Waals surface area contributed by atoms with E-state index in [1.54, 1.807) is 6.07 Å². The summed E-state index contributed by atoms with van der Waals surface area (Å²) in [5.41, 5.74) is 1.01. The van der Waals surface area contributed by atoms with E-state index in [4.69, 9.17) is 23.2 Å². The summed E-state index contributed by atoms with van der Waals surface area (Å²) >= 11 is 12.0. The lowest BCUT2D eigenvalue weighted by molar-refractivity contribution is -0.141. The molecular weight excluding hydrogens is 273 g/mol. The molecule has 0 saturated heterocycles. The lowest BCUT2D eigenvalue weighted by Gasteiger charge is -2.20. The molecule has 0 aliphatic carbocycles. The molecule has 100 valence electrons. The number of hydrogen-bond donors (Lipinski definition) is 0. The Labute approximate surface area is 118 Å². The fourth-order valence-electron chi connectivity index (χ4n) is 1.59. The van der Waals surface area contributed by atoms with E-state index in [9.17, 15) is 4.79 Å². The first kappa shape index (κ1) is 15.3. The average molecular weight is 290 g/mol. The zero-order chi connectivity index (χ0) is 13.5. The standard InChI is InChI=1S/C13H17Cl2NO2/c1-3-16(7-6-13(17)18-2)9-10-4-5-11(14)8-12(10)15/h4-5,8H,3,6-7,9H2,1-2H3. The molecule has 0 saturated carbocycles. The Bertz CT molecular complexity index is 410. The fourth-order valence-corrected chi connectivity index (χ4v) is 2.06. The molecule has 0 spiro atoms. The molecule has 3 nitrogen and oxygen atoms in total. The highest BCUT2D eigenvalue weighted by molar-refractivity contribution is 6.35. The van der Waals surface area contributed by atoms with E-state index >= 15 is 0 Å². The number of carbonyl (C=O) groups is 1. The number of esters is 1. The van der Waals surface area contributed by atoms with Crippen LogP contribution in [0.4, 0.5) is 0 Å². The Morgan fingerprint density at radius 1 is 1.39 bits per heavy atom. The summed E-state index contributed by atoms with van der Waals surface area (Å²) in [7, 11) is 1.40. The van der Waals surface area contributed by atoms with Crippen LogP contribution in [0.2, 0.25) is 10.0 Å². The van der Waals surface area contributed by atoms with Gasteiger partial charge in [0.25, 0.3) is 0 Å². The van der Waals surface area contributed by atoms with Gasteiger partial charge in [-0.1, -0.05) is 36.2 Å². The summed E-state index contributed by atoms with van der Waals surface area (Å²) in [5.74, 6) is -0.198. The molecule has 0 aliphatic heterocycles. The van der Waals surface area contributed by atoms with E-state index < -0.39 is 0 Å². The fraction of sp³-hybridized carbons (Fsp3) is 0.462. The molecule has 18 heavy (non-hydrogen) atoms. The van der Waals surface area contributed by atoms with Gasteiger partial charge in [0.1, 0.15) is 0 Å². The Kier molecular flexibility index (Phi) is 6.47. The van der Waals surface area contributed by atoms with Crippen molar-refractivity contribution in [1.82, 2.24) is 4.90 Å². The van der Waals surface area contributed by atoms with Crippen LogP contribution in [0, 0.1) is 0 Å². The molecule has 0 fully saturated rings. The van der Waals surface area contributed by atoms with E-state index in [1.165, 1.54) is 7.11 Å². The summed E-state index contributed by atoms with van der Waals surface area (Å²) in [6, 6.07) is 5.45. The minimum absolute atomic E-state index is 0.198. The van der Waals surface area contributed by atoms with Gasteiger partial charge in [-0.05, 0) is 24.2 Å². The molecular formula is C13H17Cl2NO2. The second-order valence-corrected chi connectivity index (χ2v) is 4.77. The number of benzene rings is 1. The van der Waals surface area contributed by atoms with Gasteiger partial charge in [-0.2, -0.15) is 0 Å². The van der Waals surface area contributed by atoms with E-state index in [-0.39, 0.29) is 5.97 Å². The van der Waals surface area contributed by atoms with Gasteiger partial charge in [-0.25, -0.2) is 0 Å². The van der Waals surface area contributed by atoms with Crippen LogP contribution >= 0.6 is 23.2 Å². The Balaban J connectivity index is 2.59. The first-order valence-electron chi connectivity index (χ1n) is 5.80. The highest BCUT2D eigenvalue weighted by atomic mass is 35.5. The smallest absolute Gasteiger partial charge is 0.306 e. The molecule has 1 aromatic rings. The van der Waals surface area contributed by atoms with Crippen molar-refractivity contribution in [3.8, 4) is 0 Å². The van der Waals surface area contributed by atoms with Crippen LogP contribution in [0.5, 0.6) is 0 Å². The summed E-state index contributed by atoms with van der Waals surface area (Å²) < 4.78 is 4.63. The minimum atomic E-state index is -0.198. The van der Waals surface area contributed by atoms with E-state index in [2.05, 4.69) is 9.64 Å². The molecule has 0 heterocycles. The van der Waals surface area contributed by atoms with Crippen LogP contribution in [-0.4, -0.2) is 31.1 Å². The van der Waals surface area contributed by atoms with Gasteiger partial charge in [0, 0.05) is 23.1 Å². The number of nitrogens with zero attached hydrogens (tertiary/aromatic N) is 1. The maximum atomic E-state index is 11.1. The van der Waals surface area contributed by atoms with Gasteiger partial charge in [-0.3, -0.25) is 9.69 Å². The molecule has 0 amide bonds. The molecule has 0 bridgehead atoms. The average Bonchev–Trinajstić information content (AvgIpc) is 2.36. The number of carbonyl (C=O) groups excluding carboxylic acids is 1. The van der Waals surface area contributed by atoms with Crippen molar-refractivity contribution in [3.63, 3.8) is 0 Å². The molecule has 1 rings (SSSR count). The number of ether oxygens (including phenoxy) is 1. The quantitative estimate of drug-likeness (QED) is 0.752. The summed E-state index contributed by atoms with van der Waals surface area (Å²) in [5, 5.41) is 1.28. The zero-order valence-electron chi connectivity index (χ0n) is 10.6. The molecule has 0 N–H and O–H groups in total. The normalized spacial score (nSPS) is 10.7. The van der Waals surface area contributed by atoms with Gasteiger partial charge in [-0.15, -0.1) is 0 Å². The molecule has 1 aromatic carbocycles. The van der Waals surface area contributed by atoms with Crippen LogP contribution in [0.25, 0.3) is 0 Å². The van der Waals surface area contributed by atoms with Crippen molar-refractivity contribution in [2.24, 2.45) is 0 Å². The predicted molar refractivity (Wildman–Crippen MR) is 74.0 cm³/mol. The predicted octanol–water partition coefficient (Wildman–Crippen LogP) is 3.38. The number of hydrogen-bond acceptors (Lipinski definition) is 3. The number of rotatable bonds is 6. The van der Waals surface area contributed by atoms with Crippen LogP contribution in [0.15, 0.2) is 18.2 Å². The van der Waals surface area contributed by atoms with Crippen LogP contribution < -0.4 is 0 Å². The van der Waals surface area contributed by atoms with Gasteiger partial charge < -0.3 is 4.74 Å². The molecule has 0 atom stereocenters. The zero-order valence-corrected chi connectivity index (χ0v) is 12.1. The molecule has 0 aromatic heterocycles. The first-order valence-corrected chi connectivity index (χ1v) is 6.55. The number of methoxy groups -OCH3 is 1. The van der Waals surface area contributed by atoms with Crippen molar-refractivity contribution in [2.75, 3.05) is 20.2 Å². The summed E-state index contributed by atoms with van der Waals surface area (Å²) in [4.78, 5) is 13.2. The van der Waals surface area contributed by atoms with Gasteiger partial charge in [0.2, 0.25) is 0 Å². The van der Waals surface area contributed by atoms with Gasteiger partial charge in [0.15, 0.2) is 0 Å². The van der Waals surface area contributed by atoms with Crippen molar-refractivity contribution in [1.29, 1.82) is 0 Å². The van der Waals surface area contributed by atoms with E-state index in [1.807, 2.05) is 19.1 Å². The monoisotopic (exact) mass is 289 g/mol. The van der Waals surface area contributed by atoms with Gasteiger partial charge in [0.05, 0.1) is 13.5 Å². The number of halogens is 2. The Morgan fingerprint density at radius 2 is 2.11 bits per heavy atom. The van der Waals surface area contributed by atoms with Crippen molar-refractivity contribution in [2.45, 2.75) is 19.9 Å². The third-order valence-corrected chi connectivity index (χ3v) is 3.30.